The second-order valence-corrected chi connectivity index (χ2v) is 11.2. The zero-order valence-corrected chi connectivity index (χ0v) is 22.1. The summed E-state index contributed by atoms with van der Waals surface area (Å²) < 4.78 is 5.38. The Hall–Kier alpha value is -2.76. The van der Waals surface area contributed by atoms with Gasteiger partial charge in [0.25, 0.3) is 5.91 Å². The highest BCUT2D eigenvalue weighted by molar-refractivity contribution is 6.32. The largest absolute Gasteiger partial charge is 0.467 e. The minimum atomic E-state index is -0.433. The quantitative estimate of drug-likeness (QED) is 0.405. The summed E-state index contributed by atoms with van der Waals surface area (Å²) in [5.41, 5.74) is 2.26. The van der Waals surface area contributed by atoms with E-state index in [0.717, 1.165) is 29.7 Å². The molecule has 5 atom stereocenters. The molecule has 0 spiro atoms. The number of benzene rings is 2. The molecule has 0 radical (unpaired) electrons. The summed E-state index contributed by atoms with van der Waals surface area (Å²) in [5.74, 6) is 1.03. The van der Waals surface area contributed by atoms with Crippen LogP contribution in [-0.4, -0.2) is 29.8 Å². The van der Waals surface area contributed by atoms with E-state index in [9.17, 15) is 9.59 Å². The first-order chi connectivity index (χ1) is 17.2. The summed E-state index contributed by atoms with van der Waals surface area (Å²) in [6, 6.07) is 17.3. The number of amides is 2. The van der Waals surface area contributed by atoms with Gasteiger partial charge in [-0.15, -0.1) is 0 Å². The van der Waals surface area contributed by atoms with Gasteiger partial charge in [0.15, 0.2) is 0 Å². The third-order valence-electron chi connectivity index (χ3n) is 8.17. The number of fused-ring (bicyclic) bond motifs is 1. The van der Waals surface area contributed by atoms with Crippen LogP contribution in [0.5, 0.6) is 0 Å². The van der Waals surface area contributed by atoms with Crippen molar-refractivity contribution in [1.82, 2.24) is 10.2 Å². The normalized spacial score (nSPS) is 27.4. The molecule has 5 rings (SSSR count). The van der Waals surface area contributed by atoms with Crippen molar-refractivity contribution in [3.05, 3.63) is 93.4 Å². The third kappa shape index (κ3) is 4.33. The molecular formula is C29H30Cl2N2O3. The second-order valence-electron chi connectivity index (χ2n) is 10.4. The van der Waals surface area contributed by atoms with E-state index in [0.29, 0.717) is 22.2 Å². The van der Waals surface area contributed by atoms with E-state index in [-0.39, 0.29) is 35.6 Å². The molecule has 1 N–H and O–H groups in total. The van der Waals surface area contributed by atoms with Crippen LogP contribution in [0.2, 0.25) is 10.0 Å². The van der Waals surface area contributed by atoms with E-state index >= 15 is 0 Å². The molecule has 5 nitrogen and oxygen atoms in total. The minimum Gasteiger partial charge on any atom is -0.467 e. The average molecular weight is 525 g/mol. The number of nitrogens with zero attached hydrogens (tertiary/aromatic N) is 1. The number of nitrogens with one attached hydrogen (secondary N) is 1. The van der Waals surface area contributed by atoms with Gasteiger partial charge >= 0.3 is 0 Å². The summed E-state index contributed by atoms with van der Waals surface area (Å²) in [7, 11) is 1.75. The summed E-state index contributed by atoms with van der Waals surface area (Å²) in [6.45, 7) is 4.57. The Labute approximate surface area is 221 Å². The van der Waals surface area contributed by atoms with Crippen LogP contribution in [0.4, 0.5) is 0 Å². The van der Waals surface area contributed by atoms with Gasteiger partial charge in [-0.05, 0) is 79.1 Å². The smallest absolute Gasteiger partial charge is 0.254 e. The Morgan fingerprint density at radius 3 is 2.58 bits per heavy atom. The fourth-order valence-corrected chi connectivity index (χ4v) is 6.85. The molecule has 2 amide bonds. The maximum absolute atomic E-state index is 13.1. The van der Waals surface area contributed by atoms with Crippen molar-refractivity contribution < 1.29 is 14.0 Å². The molecule has 3 aromatic rings. The van der Waals surface area contributed by atoms with Crippen molar-refractivity contribution in [2.75, 3.05) is 7.05 Å². The van der Waals surface area contributed by atoms with Gasteiger partial charge in [0.1, 0.15) is 5.76 Å². The Kier molecular flexibility index (Phi) is 6.65. The predicted octanol–water partition coefficient (Wildman–Crippen LogP) is 6.66. The molecule has 0 bridgehead atoms. The lowest BCUT2D eigenvalue weighted by molar-refractivity contribution is -0.129. The van der Waals surface area contributed by atoms with E-state index in [2.05, 4.69) is 31.3 Å². The number of carbonyl (C=O) groups is 2. The second kappa shape index (κ2) is 9.60. The molecule has 2 heterocycles. The van der Waals surface area contributed by atoms with Crippen LogP contribution in [0.1, 0.15) is 65.8 Å². The SMILES string of the molecule is C[C@H]1NC(=O)[C@]2(C)CC[C@@H](c3ccc(C(=O)N(C)Cc4ccco4)cc3Cl)[C@H](c3ccc(Cl)cc3)[C@H]12. The first kappa shape index (κ1) is 24.9. The Bertz CT molecular complexity index is 1270. The standard InChI is InChI=1S/C29H30Cl2N2O3/c1-17-26-25(18-6-9-20(30)10-7-18)23(12-13-29(26,2)28(35)32-17)22-11-8-19(15-24(22)31)27(34)33(3)16-21-5-4-14-36-21/h4-11,14-15,17,23,25-26H,12-13,16H2,1-3H3,(H,32,35)/t17-,23+,25+,26+,29-/m1/s1. The fourth-order valence-electron chi connectivity index (χ4n) is 6.40. The van der Waals surface area contributed by atoms with Crippen molar-refractivity contribution >= 4 is 35.0 Å². The molecule has 36 heavy (non-hydrogen) atoms. The van der Waals surface area contributed by atoms with Crippen molar-refractivity contribution in [1.29, 1.82) is 0 Å². The van der Waals surface area contributed by atoms with Crippen LogP contribution in [0, 0.1) is 11.3 Å². The predicted molar refractivity (Wildman–Crippen MR) is 141 cm³/mol. The maximum Gasteiger partial charge on any atom is 0.254 e. The van der Waals surface area contributed by atoms with Crippen LogP contribution in [0.15, 0.2) is 65.3 Å². The summed E-state index contributed by atoms with van der Waals surface area (Å²) >= 11 is 13.1. The third-order valence-corrected chi connectivity index (χ3v) is 8.75. The maximum atomic E-state index is 13.1. The van der Waals surface area contributed by atoms with Gasteiger partial charge in [0, 0.05) is 34.6 Å². The molecule has 188 valence electrons. The molecule has 7 heteroatoms. The van der Waals surface area contributed by atoms with Gasteiger partial charge < -0.3 is 14.6 Å². The molecule has 2 aromatic carbocycles. The lowest BCUT2D eigenvalue weighted by atomic mass is 9.56. The summed E-state index contributed by atoms with van der Waals surface area (Å²) in [6.07, 6.45) is 3.21. The zero-order valence-electron chi connectivity index (χ0n) is 20.6. The molecule has 1 aromatic heterocycles. The molecule has 2 aliphatic rings. The van der Waals surface area contributed by atoms with Gasteiger partial charge in [-0.1, -0.05) is 48.3 Å². The average Bonchev–Trinajstić information content (AvgIpc) is 3.44. The van der Waals surface area contributed by atoms with Gasteiger partial charge in [0.05, 0.1) is 18.2 Å². The number of furan rings is 1. The molecule has 1 saturated carbocycles. The number of carbonyl (C=O) groups excluding carboxylic acids is 2. The Morgan fingerprint density at radius 1 is 1.17 bits per heavy atom. The highest BCUT2D eigenvalue weighted by Gasteiger charge is 2.57. The molecule has 1 saturated heterocycles. The van der Waals surface area contributed by atoms with Crippen LogP contribution >= 0.6 is 23.2 Å². The fraction of sp³-hybridized carbons (Fsp3) is 0.379. The van der Waals surface area contributed by atoms with Crippen molar-refractivity contribution in [2.45, 2.75) is 51.1 Å². The molecule has 1 aliphatic carbocycles. The van der Waals surface area contributed by atoms with Crippen molar-refractivity contribution in [3.8, 4) is 0 Å². The summed E-state index contributed by atoms with van der Waals surface area (Å²) in [5, 5.41) is 4.45. The first-order valence-electron chi connectivity index (χ1n) is 12.3. The van der Waals surface area contributed by atoms with Crippen LogP contribution < -0.4 is 5.32 Å². The van der Waals surface area contributed by atoms with Crippen LogP contribution in [0.25, 0.3) is 0 Å². The summed E-state index contributed by atoms with van der Waals surface area (Å²) in [4.78, 5) is 27.7. The number of hydrogen-bond acceptors (Lipinski definition) is 3. The van der Waals surface area contributed by atoms with E-state index in [1.165, 1.54) is 0 Å². The Balaban J connectivity index is 1.48. The number of rotatable bonds is 5. The van der Waals surface area contributed by atoms with Crippen LogP contribution in [0.3, 0.4) is 0 Å². The van der Waals surface area contributed by atoms with Crippen molar-refractivity contribution in [3.63, 3.8) is 0 Å². The minimum absolute atomic E-state index is 0.0425. The molecule has 2 fully saturated rings. The lowest BCUT2D eigenvalue weighted by Crippen LogP contribution is -2.42. The monoisotopic (exact) mass is 524 g/mol. The first-order valence-corrected chi connectivity index (χ1v) is 13.1. The van der Waals surface area contributed by atoms with Crippen molar-refractivity contribution in [2.24, 2.45) is 11.3 Å². The topological polar surface area (TPSA) is 62.6 Å². The van der Waals surface area contributed by atoms with Gasteiger partial charge in [0.2, 0.25) is 5.91 Å². The van der Waals surface area contributed by atoms with Gasteiger partial charge in [-0.2, -0.15) is 0 Å². The van der Waals surface area contributed by atoms with E-state index in [1.807, 2.05) is 30.3 Å². The van der Waals surface area contributed by atoms with E-state index in [4.69, 9.17) is 27.6 Å². The lowest BCUT2D eigenvalue weighted by Gasteiger charge is -2.46. The van der Waals surface area contributed by atoms with Crippen LogP contribution in [-0.2, 0) is 11.3 Å². The van der Waals surface area contributed by atoms with E-state index < -0.39 is 5.41 Å². The molecule has 1 aliphatic heterocycles. The number of hydrogen-bond donors (Lipinski definition) is 1. The Morgan fingerprint density at radius 2 is 1.92 bits per heavy atom. The zero-order chi connectivity index (χ0) is 25.6. The molecular weight excluding hydrogens is 495 g/mol. The van der Waals surface area contributed by atoms with Gasteiger partial charge in [-0.25, -0.2) is 0 Å². The number of halogens is 2. The molecule has 0 unspecified atom stereocenters. The highest BCUT2D eigenvalue weighted by atomic mass is 35.5. The van der Waals surface area contributed by atoms with Gasteiger partial charge in [-0.3, -0.25) is 9.59 Å². The van der Waals surface area contributed by atoms with E-state index in [1.54, 1.807) is 30.3 Å². The highest BCUT2D eigenvalue weighted by Crippen LogP contribution is 2.59.